The van der Waals surface area contributed by atoms with E-state index in [1.807, 2.05) is 0 Å². The van der Waals surface area contributed by atoms with Gasteiger partial charge in [-0.05, 0) is 134 Å². The maximum absolute atomic E-state index is 2.73. The summed E-state index contributed by atoms with van der Waals surface area (Å²) in [4.78, 5) is 5.28. The van der Waals surface area contributed by atoms with Crippen LogP contribution in [-0.4, -0.2) is 12.1 Å². The molecular formula is C46H46N2. The first-order valence-corrected chi connectivity index (χ1v) is 18.5. The van der Waals surface area contributed by atoms with Gasteiger partial charge in [-0.15, -0.1) is 0 Å². The summed E-state index contributed by atoms with van der Waals surface area (Å²) in [5.74, 6) is 1.06. The molecule has 1 heterocycles. The SMILES string of the molecule is C1=CCCC(C2=CCC(N(C3=CCCC=C3)c3ccc(-c4cccc(N5C6=C(C=CCC6)C6C=CC7CCCC=C7C65)c4)cc3)C=C2)=C1. The molecule has 0 fully saturated rings. The lowest BCUT2D eigenvalue weighted by molar-refractivity contribution is 0.496. The van der Waals surface area contributed by atoms with E-state index in [-0.39, 0.29) is 0 Å². The number of nitrogens with zero attached hydrogens (tertiary/aromatic N) is 2. The van der Waals surface area contributed by atoms with Crippen molar-refractivity contribution < 1.29 is 0 Å². The van der Waals surface area contributed by atoms with Crippen LogP contribution >= 0.6 is 0 Å². The first kappa shape index (κ1) is 29.6. The third-order valence-electron chi connectivity index (χ3n) is 11.5. The van der Waals surface area contributed by atoms with E-state index in [1.165, 1.54) is 64.3 Å². The topological polar surface area (TPSA) is 6.48 Å². The van der Waals surface area contributed by atoms with Crippen molar-refractivity contribution in [2.45, 2.75) is 76.3 Å². The van der Waals surface area contributed by atoms with Gasteiger partial charge in [-0.3, -0.25) is 0 Å². The number of allylic oxidation sites excluding steroid dienone is 14. The quantitative estimate of drug-likeness (QED) is 0.294. The van der Waals surface area contributed by atoms with Crippen molar-refractivity contribution >= 4 is 11.4 Å². The van der Waals surface area contributed by atoms with Crippen LogP contribution in [0.5, 0.6) is 0 Å². The Morgan fingerprint density at radius 1 is 0.729 bits per heavy atom. The van der Waals surface area contributed by atoms with E-state index in [1.54, 1.807) is 11.1 Å². The molecule has 4 atom stereocenters. The van der Waals surface area contributed by atoms with E-state index in [0.29, 0.717) is 23.9 Å². The minimum atomic E-state index is 0.300. The van der Waals surface area contributed by atoms with Crippen LogP contribution in [0.1, 0.15) is 64.2 Å². The van der Waals surface area contributed by atoms with Gasteiger partial charge in [0.25, 0.3) is 0 Å². The molecule has 1 aliphatic heterocycles. The molecular weight excluding hydrogens is 581 g/mol. The third-order valence-corrected chi connectivity index (χ3v) is 11.5. The molecule has 48 heavy (non-hydrogen) atoms. The predicted molar refractivity (Wildman–Crippen MR) is 203 cm³/mol. The summed E-state index contributed by atoms with van der Waals surface area (Å²) in [6.45, 7) is 0. The van der Waals surface area contributed by atoms with Gasteiger partial charge in [0.15, 0.2) is 0 Å². The number of anilines is 2. The van der Waals surface area contributed by atoms with Crippen molar-refractivity contribution in [3.05, 3.63) is 167 Å². The molecule has 0 spiro atoms. The number of hydrogen-bond acceptors (Lipinski definition) is 2. The highest BCUT2D eigenvalue weighted by atomic mass is 15.2. The van der Waals surface area contributed by atoms with Crippen LogP contribution in [0.25, 0.3) is 11.1 Å². The van der Waals surface area contributed by atoms with Crippen molar-refractivity contribution in [2.24, 2.45) is 11.8 Å². The van der Waals surface area contributed by atoms with Crippen LogP contribution in [-0.2, 0) is 0 Å². The highest BCUT2D eigenvalue weighted by molar-refractivity contribution is 5.74. The fraction of sp³-hybridized carbons (Fsp3) is 0.304. The van der Waals surface area contributed by atoms with Gasteiger partial charge in [-0.1, -0.05) is 103 Å². The minimum Gasteiger partial charge on any atom is -0.337 e. The maximum atomic E-state index is 2.73. The van der Waals surface area contributed by atoms with E-state index >= 15 is 0 Å². The summed E-state index contributed by atoms with van der Waals surface area (Å²) in [6, 6.07) is 19.4. The second-order valence-corrected chi connectivity index (χ2v) is 14.4. The average molecular weight is 627 g/mol. The highest BCUT2D eigenvalue weighted by Gasteiger charge is 2.45. The Balaban J connectivity index is 1.02. The van der Waals surface area contributed by atoms with Gasteiger partial charge in [-0.25, -0.2) is 0 Å². The fourth-order valence-corrected chi connectivity index (χ4v) is 9.18. The number of benzene rings is 2. The number of rotatable bonds is 6. The normalized spacial score (nSPS) is 27.1. The van der Waals surface area contributed by atoms with Crippen molar-refractivity contribution in [1.29, 1.82) is 0 Å². The predicted octanol–water partition coefficient (Wildman–Crippen LogP) is 11.6. The zero-order valence-corrected chi connectivity index (χ0v) is 28.0. The van der Waals surface area contributed by atoms with Crippen molar-refractivity contribution in [3.8, 4) is 11.1 Å². The summed E-state index contributed by atoms with van der Waals surface area (Å²) < 4.78 is 0. The first-order valence-electron chi connectivity index (χ1n) is 18.5. The van der Waals surface area contributed by atoms with Crippen LogP contribution in [0.4, 0.5) is 11.4 Å². The average Bonchev–Trinajstić information content (AvgIpc) is 3.51. The molecule has 0 bridgehead atoms. The Morgan fingerprint density at radius 2 is 1.65 bits per heavy atom. The van der Waals surface area contributed by atoms with E-state index < -0.39 is 0 Å². The lowest BCUT2D eigenvalue weighted by Gasteiger charge is -2.40. The molecule has 9 rings (SSSR count). The van der Waals surface area contributed by atoms with Gasteiger partial charge in [0, 0.05) is 28.7 Å². The second-order valence-electron chi connectivity index (χ2n) is 14.4. The zero-order valence-electron chi connectivity index (χ0n) is 28.0. The van der Waals surface area contributed by atoms with Crippen LogP contribution < -0.4 is 9.80 Å². The highest BCUT2D eigenvalue weighted by Crippen LogP contribution is 2.51. The van der Waals surface area contributed by atoms with Crippen molar-refractivity contribution in [2.75, 3.05) is 9.80 Å². The monoisotopic (exact) mass is 626 g/mol. The summed E-state index contributed by atoms with van der Waals surface area (Å²) >= 11 is 0. The summed E-state index contributed by atoms with van der Waals surface area (Å²) in [5.41, 5.74) is 14.1. The molecule has 0 amide bonds. The van der Waals surface area contributed by atoms with E-state index in [2.05, 4.69) is 143 Å². The van der Waals surface area contributed by atoms with Crippen LogP contribution in [0.3, 0.4) is 0 Å². The Hall–Kier alpha value is -4.56. The number of hydrogen-bond donors (Lipinski definition) is 0. The molecule has 240 valence electrons. The Bertz CT molecular complexity index is 1900. The van der Waals surface area contributed by atoms with Gasteiger partial charge >= 0.3 is 0 Å². The smallest absolute Gasteiger partial charge is 0.0658 e. The summed E-state index contributed by atoms with van der Waals surface area (Å²) in [5, 5.41) is 0. The van der Waals surface area contributed by atoms with Gasteiger partial charge in [0.1, 0.15) is 0 Å². The summed E-state index contributed by atoms with van der Waals surface area (Å²) in [6.07, 6.45) is 45.1. The Kier molecular flexibility index (Phi) is 7.89. The number of fused-ring (bicyclic) bond motifs is 4. The van der Waals surface area contributed by atoms with Gasteiger partial charge in [0.05, 0.1) is 12.1 Å². The molecule has 0 N–H and O–H groups in total. The summed E-state index contributed by atoms with van der Waals surface area (Å²) in [7, 11) is 0. The fourth-order valence-electron chi connectivity index (χ4n) is 9.18. The molecule has 2 nitrogen and oxygen atoms in total. The lowest BCUT2D eigenvalue weighted by atomic mass is 9.73. The molecule has 4 unspecified atom stereocenters. The molecule has 2 aromatic rings. The Labute approximate surface area is 286 Å². The largest absolute Gasteiger partial charge is 0.337 e. The lowest BCUT2D eigenvalue weighted by Crippen LogP contribution is -2.40. The standard InChI is InChI=1S/C46H46N2/c1-3-12-33(13-4-1)34-22-27-39(28-23-34)47(38-16-5-2-6-17-38)40-29-24-35(25-30-40)37-15-11-18-41(32-37)48-45-21-10-9-20-43(45)44-31-26-36-14-7-8-19-42(36)46(44)48/h1,3,5,9,11-12,15-20,22-27,29-32,36,39,44,46H,2,4,6-8,10,13-14,21,28H2. The molecule has 2 heteroatoms. The van der Waals surface area contributed by atoms with Crippen LogP contribution in [0, 0.1) is 11.8 Å². The van der Waals surface area contributed by atoms with Crippen molar-refractivity contribution in [3.63, 3.8) is 0 Å². The molecule has 0 radical (unpaired) electrons. The van der Waals surface area contributed by atoms with E-state index in [4.69, 9.17) is 0 Å². The van der Waals surface area contributed by atoms with Crippen LogP contribution in [0.15, 0.2) is 167 Å². The van der Waals surface area contributed by atoms with E-state index in [0.717, 1.165) is 44.9 Å². The molecule has 6 aliphatic carbocycles. The van der Waals surface area contributed by atoms with Gasteiger partial charge in [-0.2, -0.15) is 0 Å². The van der Waals surface area contributed by atoms with Gasteiger partial charge in [0.2, 0.25) is 0 Å². The molecule has 7 aliphatic rings. The van der Waals surface area contributed by atoms with Gasteiger partial charge < -0.3 is 9.80 Å². The first-order chi connectivity index (χ1) is 23.8. The maximum Gasteiger partial charge on any atom is 0.0658 e. The second kappa shape index (κ2) is 12.8. The third kappa shape index (κ3) is 5.36. The zero-order chi connectivity index (χ0) is 31.9. The van der Waals surface area contributed by atoms with E-state index in [9.17, 15) is 0 Å². The van der Waals surface area contributed by atoms with Crippen molar-refractivity contribution in [1.82, 2.24) is 0 Å². The molecule has 2 aromatic carbocycles. The molecule has 0 saturated heterocycles. The van der Waals surface area contributed by atoms with Crippen LogP contribution in [0.2, 0.25) is 0 Å². The minimum absolute atomic E-state index is 0.300. The molecule has 0 aromatic heterocycles. The molecule has 0 saturated carbocycles. The Morgan fingerprint density at radius 3 is 2.48 bits per heavy atom.